The number of aromatic carboxylic acids is 1. The van der Waals surface area contributed by atoms with E-state index in [0.717, 1.165) is 5.56 Å². The monoisotopic (exact) mass is 361 g/mol. The Bertz CT molecular complexity index is 846. The van der Waals surface area contributed by atoms with E-state index in [4.69, 9.17) is 9.52 Å². The summed E-state index contributed by atoms with van der Waals surface area (Å²) in [5, 5.41) is 12.1. The molecule has 0 saturated carbocycles. The Morgan fingerprint density at radius 2 is 1.72 bits per heavy atom. The van der Waals surface area contributed by atoms with Crippen molar-refractivity contribution in [1.29, 1.82) is 0 Å². The molecule has 0 saturated heterocycles. The van der Waals surface area contributed by atoms with Crippen LogP contribution in [0.25, 0.3) is 11.3 Å². The van der Waals surface area contributed by atoms with Gasteiger partial charge in [-0.2, -0.15) is 0 Å². The van der Waals surface area contributed by atoms with Crippen LogP contribution in [0, 0.1) is 5.82 Å². The number of nitrogens with one attached hydrogen (secondary N) is 1. The smallest absolute Gasteiger partial charge is 0.335 e. The highest BCUT2D eigenvalue weighted by molar-refractivity contribution is 5.87. The Kier molecular flexibility index (Phi) is 6.33. The van der Waals surface area contributed by atoms with Crippen molar-refractivity contribution in [3.05, 3.63) is 83.4 Å². The molecular formula is C19H17ClFNO3. The van der Waals surface area contributed by atoms with Gasteiger partial charge >= 0.3 is 5.97 Å². The molecule has 6 heteroatoms. The lowest BCUT2D eigenvalue weighted by Crippen LogP contribution is -2.12. The van der Waals surface area contributed by atoms with E-state index in [1.54, 1.807) is 48.5 Å². The van der Waals surface area contributed by atoms with Gasteiger partial charge in [0.05, 0.1) is 17.7 Å². The number of carboxylic acid groups (broad SMARTS) is 1. The number of carbonyl (C=O) groups is 1. The van der Waals surface area contributed by atoms with Gasteiger partial charge in [0.25, 0.3) is 0 Å². The lowest BCUT2D eigenvalue weighted by molar-refractivity contribution is 0.0697. The summed E-state index contributed by atoms with van der Waals surface area (Å²) in [6, 6.07) is 16.7. The van der Waals surface area contributed by atoms with E-state index in [1.807, 2.05) is 6.07 Å². The zero-order valence-electron chi connectivity index (χ0n) is 13.2. The summed E-state index contributed by atoms with van der Waals surface area (Å²) in [6.07, 6.45) is 0. The molecule has 1 heterocycles. The van der Waals surface area contributed by atoms with Crippen molar-refractivity contribution >= 4 is 18.4 Å². The lowest BCUT2D eigenvalue weighted by atomic mass is 10.1. The van der Waals surface area contributed by atoms with E-state index in [-0.39, 0.29) is 23.8 Å². The fourth-order valence-electron chi connectivity index (χ4n) is 2.37. The minimum absolute atomic E-state index is 0. The average molecular weight is 362 g/mol. The fourth-order valence-corrected chi connectivity index (χ4v) is 2.37. The highest BCUT2D eigenvalue weighted by atomic mass is 35.5. The maximum Gasteiger partial charge on any atom is 0.335 e. The SMILES string of the molecule is Cl.O=C(O)c1ccc(CNCc2ccc(-c3ccccc3F)o2)cc1. The second-order valence-corrected chi connectivity index (χ2v) is 5.35. The number of hydrogen-bond donors (Lipinski definition) is 2. The maximum atomic E-state index is 13.7. The van der Waals surface area contributed by atoms with Crippen molar-refractivity contribution in [2.45, 2.75) is 13.1 Å². The molecule has 0 bridgehead atoms. The zero-order chi connectivity index (χ0) is 16.9. The third-order valence-electron chi connectivity index (χ3n) is 3.63. The highest BCUT2D eigenvalue weighted by Gasteiger charge is 2.09. The molecule has 3 rings (SSSR count). The van der Waals surface area contributed by atoms with Crippen molar-refractivity contribution in [3.8, 4) is 11.3 Å². The predicted molar refractivity (Wildman–Crippen MR) is 95.3 cm³/mol. The molecule has 0 atom stereocenters. The standard InChI is InChI=1S/C19H16FNO3.ClH/c20-17-4-2-1-3-16(17)18-10-9-15(24-18)12-21-11-13-5-7-14(8-6-13)19(22)23;/h1-10,21H,11-12H2,(H,22,23);1H. The summed E-state index contributed by atoms with van der Waals surface area (Å²) in [5.74, 6) is -0.0539. The molecule has 2 N–H and O–H groups in total. The minimum Gasteiger partial charge on any atom is -0.478 e. The number of hydrogen-bond acceptors (Lipinski definition) is 3. The van der Waals surface area contributed by atoms with Crippen LogP contribution >= 0.6 is 12.4 Å². The van der Waals surface area contributed by atoms with Gasteiger partial charge in [-0.15, -0.1) is 12.4 Å². The molecule has 0 amide bonds. The molecule has 2 aromatic carbocycles. The van der Waals surface area contributed by atoms with Gasteiger partial charge in [-0.1, -0.05) is 24.3 Å². The van der Waals surface area contributed by atoms with E-state index in [0.29, 0.717) is 30.2 Å². The molecule has 0 fully saturated rings. The van der Waals surface area contributed by atoms with Crippen molar-refractivity contribution in [3.63, 3.8) is 0 Å². The number of benzene rings is 2. The zero-order valence-corrected chi connectivity index (χ0v) is 14.1. The van der Waals surface area contributed by atoms with Crippen LogP contribution in [0.3, 0.4) is 0 Å². The summed E-state index contributed by atoms with van der Waals surface area (Å²) in [5.41, 5.74) is 1.67. The second-order valence-electron chi connectivity index (χ2n) is 5.35. The van der Waals surface area contributed by atoms with E-state index in [2.05, 4.69) is 5.32 Å². The Balaban J connectivity index is 0.00000225. The van der Waals surface area contributed by atoms with Crippen LogP contribution in [-0.4, -0.2) is 11.1 Å². The van der Waals surface area contributed by atoms with Gasteiger partial charge in [-0.25, -0.2) is 9.18 Å². The molecule has 130 valence electrons. The van der Waals surface area contributed by atoms with Crippen molar-refractivity contribution < 1.29 is 18.7 Å². The van der Waals surface area contributed by atoms with Crippen LogP contribution in [0.15, 0.2) is 65.1 Å². The molecule has 0 aliphatic carbocycles. The van der Waals surface area contributed by atoms with Crippen LogP contribution in [0.4, 0.5) is 4.39 Å². The average Bonchev–Trinajstić information content (AvgIpc) is 3.04. The van der Waals surface area contributed by atoms with E-state index < -0.39 is 5.97 Å². The maximum absolute atomic E-state index is 13.7. The van der Waals surface area contributed by atoms with Crippen LogP contribution < -0.4 is 5.32 Å². The first-order valence-corrected chi connectivity index (χ1v) is 7.50. The second kappa shape index (κ2) is 8.46. The van der Waals surface area contributed by atoms with E-state index in [1.165, 1.54) is 6.07 Å². The van der Waals surface area contributed by atoms with Gasteiger partial charge in [0.15, 0.2) is 0 Å². The molecule has 0 aliphatic heterocycles. The third kappa shape index (κ3) is 4.68. The van der Waals surface area contributed by atoms with Crippen LogP contribution in [0.5, 0.6) is 0 Å². The summed E-state index contributed by atoms with van der Waals surface area (Å²) in [7, 11) is 0. The van der Waals surface area contributed by atoms with Gasteiger partial charge < -0.3 is 14.8 Å². The first-order chi connectivity index (χ1) is 11.6. The van der Waals surface area contributed by atoms with Gasteiger partial charge in [-0.05, 0) is 42.0 Å². The number of carboxylic acids is 1. The number of halogens is 2. The van der Waals surface area contributed by atoms with Gasteiger partial charge in [0.2, 0.25) is 0 Å². The number of furan rings is 1. The Labute approximate surface area is 150 Å². The summed E-state index contributed by atoms with van der Waals surface area (Å²) in [4.78, 5) is 10.8. The molecule has 25 heavy (non-hydrogen) atoms. The molecule has 1 aromatic heterocycles. The van der Waals surface area contributed by atoms with Crippen molar-refractivity contribution in [2.24, 2.45) is 0 Å². The summed E-state index contributed by atoms with van der Waals surface area (Å²) >= 11 is 0. The molecule has 0 unspecified atom stereocenters. The van der Waals surface area contributed by atoms with Gasteiger partial charge in [-0.3, -0.25) is 0 Å². The molecule has 4 nitrogen and oxygen atoms in total. The largest absolute Gasteiger partial charge is 0.478 e. The normalized spacial score (nSPS) is 10.3. The van der Waals surface area contributed by atoms with Gasteiger partial charge in [0.1, 0.15) is 17.3 Å². The van der Waals surface area contributed by atoms with Crippen molar-refractivity contribution in [1.82, 2.24) is 5.32 Å². The molecular weight excluding hydrogens is 345 g/mol. The summed E-state index contributed by atoms with van der Waals surface area (Å²) < 4.78 is 19.4. The van der Waals surface area contributed by atoms with Crippen LogP contribution in [0.2, 0.25) is 0 Å². The summed E-state index contributed by atoms with van der Waals surface area (Å²) in [6.45, 7) is 1.07. The fraction of sp³-hybridized carbons (Fsp3) is 0.105. The van der Waals surface area contributed by atoms with Crippen molar-refractivity contribution in [2.75, 3.05) is 0 Å². The van der Waals surface area contributed by atoms with Crippen LogP contribution in [-0.2, 0) is 13.1 Å². The third-order valence-corrected chi connectivity index (χ3v) is 3.63. The Morgan fingerprint density at radius 1 is 1.00 bits per heavy atom. The lowest BCUT2D eigenvalue weighted by Gasteiger charge is -2.04. The van der Waals surface area contributed by atoms with E-state index in [9.17, 15) is 9.18 Å². The molecule has 0 radical (unpaired) electrons. The Morgan fingerprint density at radius 3 is 2.40 bits per heavy atom. The minimum atomic E-state index is -0.939. The predicted octanol–water partition coefficient (Wildman–Crippen LogP) is 4.50. The molecule has 0 spiro atoms. The number of rotatable bonds is 6. The first kappa shape index (κ1) is 18.7. The first-order valence-electron chi connectivity index (χ1n) is 7.50. The van der Waals surface area contributed by atoms with Crippen LogP contribution in [0.1, 0.15) is 21.7 Å². The highest BCUT2D eigenvalue weighted by Crippen LogP contribution is 2.24. The molecule has 0 aliphatic rings. The quantitative estimate of drug-likeness (QED) is 0.678. The Hall–Kier alpha value is -2.63. The topological polar surface area (TPSA) is 62.5 Å². The van der Waals surface area contributed by atoms with E-state index >= 15 is 0 Å². The van der Waals surface area contributed by atoms with Gasteiger partial charge in [0, 0.05) is 6.54 Å². The molecule has 3 aromatic rings.